The van der Waals surface area contributed by atoms with E-state index in [9.17, 15) is 4.79 Å². The quantitative estimate of drug-likeness (QED) is 0.779. The summed E-state index contributed by atoms with van der Waals surface area (Å²) in [6.45, 7) is 0.908. The summed E-state index contributed by atoms with van der Waals surface area (Å²) < 4.78 is 11.4. The SMILES string of the molecule is O=C(O[C@@H]1C[C@H]2C[C@@H]1CN2)c1c(-c2c(Cl)cccc2Cl)noc1C1CC1. The topological polar surface area (TPSA) is 64.4 Å². The van der Waals surface area contributed by atoms with E-state index < -0.39 is 0 Å². The summed E-state index contributed by atoms with van der Waals surface area (Å²) in [4.78, 5) is 13.1. The Labute approximate surface area is 161 Å². The first kappa shape index (κ1) is 16.6. The van der Waals surface area contributed by atoms with E-state index in [0.717, 1.165) is 32.2 Å². The molecule has 0 spiro atoms. The molecule has 2 aliphatic carbocycles. The van der Waals surface area contributed by atoms with Crippen molar-refractivity contribution in [1.29, 1.82) is 0 Å². The standard InChI is InChI=1S/C19H18Cl2N2O3/c20-12-2-1-3-13(21)15(12)17-16(18(26-23-17)9-4-5-9)19(24)25-14-7-11-6-10(14)8-22-11/h1-3,9-11,14,22H,4-8H2/t10-,11-,14-/m1/s1. The highest BCUT2D eigenvalue weighted by Gasteiger charge is 2.43. The number of nitrogens with one attached hydrogen (secondary N) is 1. The fourth-order valence-corrected chi connectivity index (χ4v) is 4.72. The zero-order valence-electron chi connectivity index (χ0n) is 14.0. The Balaban J connectivity index is 1.52. The lowest BCUT2D eigenvalue weighted by Crippen LogP contribution is -2.35. The molecule has 3 aliphatic rings. The van der Waals surface area contributed by atoms with Crippen LogP contribution < -0.4 is 5.32 Å². The molecule has 2 aromatic rings. The number of fused-ring (bicyclic) bond motifs is 2. The van der Waals surface area contributed by atoms with Gasteiger partial charge in [0.25, 0.3) is 0 Å². The van der Waals surface area contributed by atoms with Crippen molar-refractivity contribution in [3.8, 4) is 11.3 Å². The molecule has 1 saturated heterocycles. The number of piperidine rings is 1. The molecule has 1 aliphatic heterocycles. The molecule has 5 nitrogen and oxygen atoms in total. The average Bonchev–Trinajstić information content (AvgIpc) is 3.03. The summed E-state index contributed by atoms with van der Waals surface area (Å²) in [5.41, 5.74) is 1.29. The molecule has 2 saturated carbocycles. The van der Waals surface area contributed by atoms with Gasteiger partial charge in [-0.3, -0.25) is 0 Å². The van der Waals surface area contributed by atoms with Crippen molar-refractivity contribution < 1.29 is 14.1 Å². The molecule has 7 heteroatoms. The molecule has 3 fully saturated rings. The Morgan fingerprint density at radius 2 is 2.00 bits per heavy atom. The molecule has 2 heterocycles. The van der Waals surface area contributed by atoms with Crippen LogP contribution >= 0.6 is 23.2 Å². The van der Waals surface area contributed by atoms with E-state index >= 15 is 0 Å². The lowest BCUT2D eigenvalue weighted by atomic mass is 10.0. The van der Waals surface area contributed by atoms with Gasteiger partial charge < -0.3 is 14.6 Å². The second kappa shape index (κ2) is 6.25. The van der Waals surface area contributed by atoms with Gasteiger partial charge in [0.05, 0.1) is 10.0 Å². The minimum absolute atomic E-state index is 0.0507. The smallest absolute Gasteiger partial charge is 0.344 e. The largest absolute Gasteiger partial charge is 0.458 e. The highest BCUT2D eigenvalue weighted by Crippen LogP contribution is 2.46. The predicted molar refractivity (Wildman–Crippen MR) is 97.7 cm³/mol. The van der Waals surface area contributed by atoms with Gasteiger partial charge in [0.2, 0.25) is 0 Å². The molecule has 1 N–H and O–H groups in total. The number of ether oxygens (including phenoxy) is 1. The Hall–Kier alpha value is -1.56. The van der Waals surface area contributed by atoms with Gasteiger partial charge in [-0.25, -0.2) is 4.79 Å². The van der Waals surface area contributed by atoms with Crippen LogP contribution in [0.1, 0.15) is 47.7 Å². The molecule has 0 amide bonds. The van der Waals surface area contributed by atoms with Crippen LogP contribution in [0.2, 0.25) is 10.0 Å². The normalized spacial score (nSPS) is 27.1. The van der Waals surface area contributed by atoms with Crippen LogP contribution in [-0.4, -0.2) is 29.8 Å². The van der Waals surface area contributed by atoms with E-state index in [1.165, 1.54) is 0 Å². The van der Waals surface area contributed by atoms with E-state index in [2.05, 4.69) is 10.5 Å². The Bertz CT molecular complexity index is 857. The number of esters is 1. The molecule has 26 heavy (non-hydrogen) atoms. The molecule has 0 radical (unpaired) electrons. The monoisotopic (exact) mass is 392 g/mol. The lowest BCUT2D eigenvalue weighted by molar-refractivity contribution is 0.0177. The maximum absolute atomic E-state index is 13.1. The Morgan fingerprint density at radius 1 is 1.23 bits per heavy atom. The van der Waals surface area contributed by atoms with Crippen molar-refractivity contribution in [2.75, 3.05) is 6.54 Å². The van der Waals surface area contributed by atoms with Gasteiger partial charge >= 0.3 is 5.97 Å². The van der Waals surface area contributed by atoms with Gasteiger partial charge in [-0.05, 0) is 31.4 Å². The van der Waals surface area contributed by atoms with Gasteiger partial charge in [-0.2, -0.15) is 0 Å². The van der Waals surface area contributed by atoms with E-state index in [1.54, 1.807) is 18.2 Å². The highest BCUT2D eigenvalue weighted by molar-refractivity contribution is 6.39. The summed E-state index contributed by atoms with van der Waals surface area (Å²) in [7, 11) is 0. The lowest BCUT2D eigenvalue weighted by Gasteiger charge is -2.22. The third-order valence-electron chi connectivity index (χ3n) is 5.63. The molecule has 2 bridgehead atoms. The first-order valence-corrected chi connectivity index (χ1v) is 9.75. The van der Waals surface area contributed by atoms with E-state index in [0.29, 0.717) is 44.6 Å². The van der Waals surface area contributed by atoms with Crippen LogP contribution in [0.3, 0.4) is 0 Å². The summed E-state index contributed by atoms with van der Waals surface area (Å²) in [5, 5.41) is 8.46. The number of benzene rings is 1. The minimum atomic E-state index is -0.378. The van der Waals surface area contributed by atoms with Crippen molar-refractivity contribution in [1.82, 2.24) is 10.5 Å². The van der Waals surface area contributed by atoms with Crippen LogP contribution in [-0.2, 0) is 4.74 Å². The fraction of sp³-hybridized carbons (Fsp3) is 0.474. The van der Waals surface area contributed by atoms with E-state index in [1.807, 2.05) is 0 Å². The summed E-state index contributed by atoms with van der Waals surface area (Å²) >= 11 is 12.7. The van der Waals surface area contributed by atoms with Crippen LogP contribution in [0.4, 0.5) is 0 Å². The Kier molecular flexibility index (Phi) is 3.99. The van der Waals surface area contributed by atoms with Gasteiger partial charge in [0, 0.05) is 36.4 Å². The van der Waals surface area contributed by atoms with Gasteiger partial charge in [0.1, 0.15) is 17.4 Å². The van der Waals surface area contributed by atoms with Crippen LogP contribution in [0.5, 0.6) is 0 Å². The maximum atomic E-state index is 13.1. The molecular formula is C19H18Cl2N2O3. The second-order valence-electron chi connectivity index (χ2n) is 7.42. The highest BCUT2D eigenvalue weighted by atomic mass is 35.5. The van der Waals surface area contributed by atoms with Crippen molar-refractivity contribution in [3.05, 3.63) is 39.6 Å². The van der Waals surface area contributed by atoms with Crippen molar-refractivity contribution in [2.45, 2.75) is 43.7 Å². The molecule has 1 aromatic carbocycles. The second-order valence-corrected chi connectivity index (χ2v) is 8.24. The predicted octanol–water partition coefficient (Wildman–Crippen LogP) is 4.43. The third-order valence-corrected chi connectivity index (χ3v) is 6.26. The Morgan fingerprint density at radius 3 is 2.62 bits per heavy atom. The number of carbonyl (C=O) groups is 1. The van der Waals surface area contributed by atoms with Crippen molar-refractivity contribution >= 4 is 29.2 Å². The van der Waals surface area contributed by atoms with Gasteiger partial charge in [0.15, 0.2) is 5.76 Å². The van der Waals surface area contributed by atoms with Crippen LogP contribution in [0.25, 0.3) is 11.3 Å². The maximum Gasteiger partial charge on any atom is 0.344 e. The number of carbonyl (C=O) groups excluding carboxylic acids is 1. The molecule has 3 atom stereocenters. The van der Waals surface area contributed by atoms with Crippen molar-refractivity contribution in [2.24, 2.45) is 5.92 Å². The first-order chi connectivity index (χ1) is 12.6. The molecular weight excluding hydrogens is 375 g/mol. The van der Waals surface area contributed by atoms with Crippen molar-refractivity contribution in [3.63, 3.8) is 0 Å². The molecule has 1 aromatic heterocycles. The van der Waals surface area contributed by atoms with E-state index in [4.69, 9.17) is 32.5 Å². The number of hydrogen-bond acceptors (Lipinski definition) is 5. The van der Waals surface area contributed by atoms with Gasteiger partial charge in [-0.15, -0.1) is 0 Å². The van der Waals surface area contributed by atoms with Crippen LogP contribution in [0, 0.1) is 5.92 Å². The fourth-order valence-electron chi connectivity index (χ4n) is 4.15. The number of hydrogen-bond donors (Lipinski definition) is 1. The first-order valence-electron chi connectivity index (χ1n) is 9.00. The third kappa shape index (κ3) is 2.73. The number of rotatable bonds is 4. The number of halogens is 2. The zero-order chi connectivity index (χ0) is 17.8. The number of aromatic nitrogens is 1. The average molecular weight is 393 g/mol. The summed E-state index contributed by atoms with van der Waals surface area (Å²) in [6, 6.07) is 5.67. The van der Waals surface area contributed by atoms with E-state index in [-0.39, 0.29) is 18.0 Å². The van der Waals surface area contributed by atoms with Gasteiger partial charge in [-0.1, -0.05) is 34.4 Å². The zero-order valence-corrected chi connectivity index (χ0v) is 15.5. The summed E-state index contributed by atoms with van der Waals surface area (Å²) in [5.74, 6) is 0.834. The number of nitrogens with zero attached hydrogens (tertiary/aromatic N) is 1. The molecule has 136 valence electrons. The molecule has 5 rings (SSSR count). The summed E-state index contributed by atoms with van der Waals surface area (Å²) in [6.07, 6.45) is 3.86. The van der Waals surface area contributed by atoms with Crippen LogP contribution in [0.15, 0.2) is 22.7 Å². The minimum Gasteiger partial charge on any atom is -0.458 e. The molecule has 0 unspecified atom stereocenters.